The molecule has 1 atom stereocenters. The Hall–Kier alpha value is -0.870. The summed E-state index contributed by atoms with van der Waals surface area (Å²) in [5, 5.41) is 0. The predicted molar refractivity (Wildman–Crippen MR) is 55.7 cm³/mol. The van der Waals surface area contributed by atoms with E-state index in [9.17, 15) is 4.39 Å². The smallest absolute Gasteiger partial charge is 0.123 e. The number of halogens is 2. The molecular formula is C10H9BrFNO. The molecule has 1 heterocycles. The van der Waals surface area contributed by atoms with Gasteiger partial charge in [-0.3, -0.25) is 4.84 Å². The highest BCUT2D eigenvalue weighted by Gasteiger charge is 2.20. The van der Waals surface area contributed by atoms with Gasteiger partial charge in [-0.25, -0.2) is 4.39 Å². The van der Waals surface area contributed by atoms with Gasteiger partial charge in [0, 0.05) is 5.56 Å². The van der Waals surface area contributed by atoms with Crippen LogP contribution in [0.5, 0.6) is 0 Å². The van der Waals surface area contributed by atoms with Crippen LogP contribution in [-0.4, -0.2) is 10.2 Å². The van der Waals surface area contributed by atoms with Gasteiger partial charge in [-0.15, -0.1) is 0 Å². The average Bonchev–Trinajstić information content (AvgIpc) is 2.47. The minimum absolute atomic E-state index is 0.0365. The van der Waals surface area contributed by atoms with Crippen molar-refractivity contribution >= 4 is 21.8 Å². The second-order valence-electron chi connectivity index (χ2n) is 3.11. The van der Waals surface area contributed by atoms with E-state index < -0.39 is 0 Å². The van der Waals surface area contributed by atoms with Crippen molar-refractivity contribution in [2.45, 2.75) is 13.0 Å². The number of hydroxylamine groups is 1. The van der Waals surface area contributed by atoms with Crippen molar-refractivity contribution in [2.75, 3.05) is 0 Å². The fourth-order valence-corrected chi connectivity index (χ4v) is 1.92. The van der Waals surface area contributed by atoms with Crippen LogP contribution in [0.15, 0.2) is 30.3 Å². The van der Waals surface area contributed by atoms with Crippen LogP contribution in [0, 0.1) is 5.82 Å². The summed E-state index contributed by atoms with van der Waals surface area (Å²) in [5.74, 6) is -0.234. The highest BCUT2D eigenvalue weighted by molar-refractivity contribution is 9.07. The van der Waals surface area contributed by atoms with Gasteiger partial charge in [0.05, 0.1) is 21.8 Å². The molecule has 74 valence electrons. The van der Waals surface area contributed by atoms with E-state index in [0.29, 0.717) is 0 Å². The van der Waals surface area contributed by atoms with Crippen molar-refractivity contribution in [3.8, 4) is 0 Å². The molecule has 0 aliphatic carbocycles. The summed E-state index contributed by atoms with van der Waals surface area (Å²) in [5.41, 5.74) is 1.82. The van der Waals surface area contributed by atoms with E-state index in [1.807, 2.05) is 13.0 Å². The first kappa shape index (κ1) is 9.68. The average molecular weight is 258 g/mol. The molecule has 1 aromatic rings. The fraction of sp³-hybridized carbons (Fsp3) is 0.200. The second-order valence-corrected chi connectivity index (χ2v) is 3.76. The standard InChI is InChI=1S/C10H9BrFNO/c1-7-6-10(13(11)14-7)8-2-4-9(12)5-3-8/h2-7H,1H3. The van der Waals surface area contributed by atoms with Gasteiger partial charge in [0.2, 0.25) is 0 Å². The summed E-state index contributed by atoms with van der Waals surface area (Å²) >= 11 is 3.25. The normalized spacial score (nSPS) is 21.2. The zero-order valence-electron chi connectivity index (χ0n) is 7.58. The molecule has 1 aliphatic heterocycles. The van der Waals surface area contributed by atoms with Gasteiger partial charge in [-0.2, -0.15) is 4.09 Å². The monoisotopic (exact) mass is 257 g/mol. The van der Waals surface area contributed by atoms with Crippen LogP contribution in [0.3, 0.4) is 0 Å². The molecule has 4 heteroatoms. The van der Waals surface area contributed by atoms with E-state index in [1.54, 1.807) is 12.1 Å². The topological polar surface area (TPSA) is 12.5 Å². The number of hydrogen-bond donors (Lipinski definition) is 0. The van der Waals surface area contributed by atoms with Gasteiger partial charge >= 0.3 is 0 Å². The highest BCUT2D eigenvalue weighted by atomic mass is 79.9. The summed E-state index contributed by atoms with van der Waals surface area (Å²) in [6.45, 7) is 1.94. The van der Waals surface area contributed by atoms with E-state index in [1.165, 1.54) is 16.2 Å². The summed E-state index contributed by atoms with van der Waals surface area (Å²) in [6.07, 6.45) is 2.00. The Morgan fingerprint density at radius 2 is 2.00 bits per heavy atom. The Kier molecular flexibility index (Phi) is 2.56. The lowest BCUT2D eigenvalue weighted by Crippen LogP contribution is -2.07. The van der Waals surface area contributed by atoms with Crippen LogP contribution in [0.1, 0.15) is 12.5 Å². The number of rotatable bonds is 1. The van der Waals surface area contributed by atoms with Crippen molar-refractivity contribution in [3.63, 3.8) is 0 Å². The largest absolute Gasteiger partial charge is 0.255 e. The first-order valence-electron chi connectivity index (χ1n) is 4.27. The lowest BCUT2D eigenvalue weighted by molar-refractivity contribution is -0.0305. The van der Waals surface area contributed by atoms with Gasteiger partial charge in [0.1, 0.15) is 11.9 Å². The maximum Gasteiger partial charge on any atom is 0.123 e. The lowest BCUT2D eigenvalue weighted by Gasteiger charge is -2.12. The van der Waals surface area contributed by atoms with Crippen molar-refractivity contribution in [1.82, 2.24) is 4.09 Å². The SMILES string of the molecule is CC1C=C(c2ccc(F)cc2)N(Br)O1. The van der Waals surface area contributed by atoms with Crippen molar-refractivity contribution in [1.29, 1.82) is 0 Å². The summed E-state index contributed by atoms with van der Waals surface area (Å²) < 4.78 is 14.2. The molecule has 0 aromatic heterocycles. The van der Waals surface area contributed by atoms with Gasteiger partial charge in [-0.1, -0.05) is 0 Å². The van der Waals surface area contributed by atoms with E-state index in [4.69, 9.17) is 4.84 Å². The number of nitrogens with zero attached hydrogens (tertiary/aromatic N) is 1. The van der Waals surface area contributed by atoms with Crippen molar-refractivity contribution in [3.05, 3.63) is 41.7 Å². The fourth-order valence-electron chi connectivity index (χ4n) is 1.33. The lowest BCUT2D eigenvalue weighted by atomic mass is 10.1. The second kappa shape index (κ2) is 3.71. The van der Waals surface area contributed by atoms with E-state index >= 15 is 0 Å². The third-order valence-corrected chi connectivity index (χ3v) is 2.53. The highest BCUT2D eigenvalue weighted by Crippen LogP contribution is 2.30. The summed E-state index contributed by atoms with van der Waals surface area (Å²) in [6, 6.07) is 6.30. The quantitative estimate of drug-likeness (QED) is 0.717. The van der Waals surface area contributed by atoms with Crippen LogP contribution in [-0.2, 0) is 4.84 Å². The first-order valence-corrected chi connectivity index (χ1v) is 4.98. The van der Waals surface area contributed by atoms with E-state index in [-0.39, 0.29) is 11.9 Å². The summed E-state index contributed by atoms with van der Waals surface area (Å²) in [4.78, 5) is 5.32. The molecule has 0 fully saturated rings. The zero-order chi connectivity index (χ0) is 10.1. The summed E-state index contributed by atoms with van der Waals surface area (Å²) in [7, 11) is 0. The molecule has 14 heavy (non-hydrogen) atoms. The van der Waals surface area contributed by atoms with E-state index in [0.717, 1.165) is 11.3 Å². The maximum atomic E-state index is 12.7. The van der Waals surface area contributed by atoms with Crippen molar-refractivity contribution in [2.24, 2.45) is 0 Å². The van der Waals surface area contributed by atoms with Crippen LogP contribution in [0.2, 0.25) is 0 Å². The third kappa shape index (κ3) is 1.81. The molecule has 0 bridgehead atoms. The molecule has 0 radical (unpaired) electrons. The molecule has 0 amide bonds. The molecule has 0 saturated heterocycles. The Bertz CT molecular complexity index is 363. The maximum absolute atomic E-state index is 12.7. The Morgan fingerprint density at radius 1 is 1.36 bits per heavy atom. The molecule has 1 aliphatic rings. The van der Waals surface area contributed by atoms with Gasteiger partial charge in [0.25, 0.3) is 0 Å². The Balaban J connectivity index is 2.31. The molecule has 1 aromatic carbocycles. The van der Waals surface area contributed by atoms with Crippen LogP contribution < -0.4 is 0 Å². The molecule has 0 spiro atoms. The van der Waals surface area contributed by atoms with Crippen LogP contribution >= 0.6 is 16.1 Å². The molecule has 2 nitrogen and oxygen atoms in total. The van der Waals surface area contributed by atoms with Gasteiger partial charge in [-0.05, 0) is 37.3 Å². The molecule has 2 rings (SSSR count). The minimum Gasteiger partial charge on any atom is -0.255 e. The van der Waals surface area contributed by atoms with Gasteiger partial charge < -0.3 is 0 Å². The Morgan fingerprint density at radius 3 is 2.50 bits per heavy atom. The van der Waals surface area contributed by atoms with Crippen LogP contribution in [0.4, 0.5) is 4.39 Å². The zero-order valence-corrected chi connectivity index (χ0v) is 9.16. The first-order chi connectivity index (χ1) is 6.66. The van der Waals surface area contributed by atoms with E-state index in [2.05, 4.69) is 16.1 Å². The minimum atomic E-state index is -0.234. The molecule has 1 unspecified atom stereocenters. The van der Waals surface area contributed by atoms with Crippen molar-refractivity contribution < 1.29 is 9.23 Å². The third-order valence-electron chi connectivity index (χ3n) is 1.98. The molecule has 0 saturated carbocycles. The number of benzene rings is 1. The van der Waals surface area contributed by atoms with Crippen LogP contribution in [0.25, 0.3) is 5.70 Å². The number of hydrogen-bond acceptors (Lipinski definition) is 2. The predicted octanol–water partition coefficient (Wildman–Crippen LogP) is 3.11. The Labute approximate surface area is 90.3 Å². The molecule has 0 N–H and O–H groups in total. The molecular weight excluding hydrogens is 249 g/mol. The van der Waals surface area contributed by atoms with Gasteiger partial charge in [0.15, 0.2) is 0 Å².